The fourth-order valence-corrected chi connectivity index (χ4v) is 93.9. The molecule has 0 saturated heterocycles. The summed E-state index contributed by atoms with van der Waals surface area (Å²) in [5.41, 5.74) is 9.88. The third-order valence-corrected chi connectivity index (χ3v) is 59.9. The zero-order valence-corrected chi connectivity index (χ0v) is 49.8. The average Bonchev–Trinajstić information content (AvgIpc) is 3.62. The number of sulfone groups is 1. The van der Waals surface area contributed by atoms with Crippen molar-refractivity contribution in [2.45, 2.75) is 57.2 Å². The van der Waals surface area contributed by atoms with Gasteiger partial charge in [0.15, 0.2) is 15.6 Å². The normalized spacial score (nSPS) is 11.1. The molecule has 61 heavy (non-hydrogen) atoms. The zero-order valence-electron chi connectivity index (χ0n) is 33.0. The van der Waals surface area contributed by atoms with Crippen LogP contribution in [0.15, 0.2) is 78.9 Å². The number of furan rings is 1. The summed E-state index contributed by atoms with van der Waals surface area (Å²) in [5.74, 6) is -3.36. The molecule has 0 bridgehead atoms. The zero-order chi connectivity index (χ0) is 47.4. The van der Waals surface area contributed by atoms with Gasteiger partial charge in [-0.2, -0.15) is 13.2 Å². The van der Waals surface area contributed by atoms with Crippen molar-refractivity contribution in [1.29, 1.82) is 0 Å². The molecule has 0 aliphatic carbocycles. The highest BCUT2D eigenvalue weighted by Gasteiger charge is 2.34. The smallest absolute Gasteiger partial charge is 0.449 e. The molecular formula is C34H47Br3ClF4NO7P10S. The van der Waals surface area contributed by atoms with Crippen LogP contribution in [-0.4, -0.2) is 37.1 Å². The van der Waals surface area contributed by atoms with Gasteiger partial charge in [-0.25, -0.2) is 12.8 Å². The van der Waals surface area contributed by atoms with E-state index in [1.54, 1.807) is 6.92 Å². The lowest BCUT2D eigenvalue weighted by atomic mass is 10.0. The Labute approximate surface area is 404 Å². The van der Waals surface area contributed by atoms with Crippen molar-refractivity contribution in [3.63, 3.8) is 0 Å². The number of carbonyl (C=O) groups is 2. The highest BCUT2D eigenvalue weighted by Crippen LogP contribution is 3.10. The first-order valence-electron chi connectivity index (χ1n) is 16.8. The SMILES string of the molecule is CCOC(=O)CS(=O)(=O)c1cc(Br)cc(F)c1CO.Cc1cc(C)c(C(=O)Cl)c(C)c1.FC(F)(F)c1ccc(CBr)o1.NCc1ccc(Br)cc1.PP(P)P(P(P)P)P(P)P. The van der Waals surface area contributed by atoms with Crippen molar-refractivity contribution in [1.82, 2.24) is 0 Å². The molecular weight excluding hydrogens is 1230 g/mol. The molecule has 342 valence electrons. The molecule has 0 spiro atoms. The number of alkyl halides is 4. The second kappa shape index (κ2) is 31.7. The van der Waals surface area contributed by atoms with E-state index in [2.05, 4.69) is 111 Å². The molecule has 0 amide bonds. The Morgan fingerprint density at radius 2 is 1.39 bits per heavy atom. The number of aryl methyl sites for hydroxylation is 3. The van der Waals surface area contributed by atoms with Crippen molar-refractivity contribution in [3.05, 3.63) is 120 Å². The van der Waals surface area contributed by atoms with Crippen molar-refractivity contribution in [2.75, 3.05) is 12.4 Å². The number of nitrogens with two attached hydrogens (primary N) is 1. The van der Waals surface area contributed by atoms with Gasteiger partial charge < -0.3 is 20.0 Å². The molecule has 4 aromatic rings. The predicted octanol–water partition coefficient (Wildman–Crippen LogP) is 14.9. The van der Waals surface area contributed by atoms with Crippen LogP contribution in [0.1, 0.15) is 56.6 Å². The van der Waals surface area contributed by atoms with Crippen LogP contribution >= 0.6 is 141 Å². The van der Waals surface area contributed by atoms with E-state index >= 15 is 0 Å². The van der Waals surface area contributed by atoms with Crippen molar-refractivity contribution < 1.29 is 49.8 Å². The van der Waals surface area contributed by atoms with Crippen LogP contribution in [0, 0.1) is 26.6 Å². The van der Waals surface area contributed by atoms with E-state index in [1.165, 1.54) is 11.6 Å². The molecule has 0 radical (unpaired) electrons. The van der Waals surface area contributed by atoms with Crippen LogP contribution in [0.25, 0.3) is 0 Å². The Balaban J connectivity index is 0.000000760. The Hall–Kier alpha value is 1.70. The van der Waals surface area contributed by atoms with Crippen LogP contribution < -0.4 is 5.73 Å². The van der Waals surface area contributed by atoms with Crippen LogP contribution in [0.3, 0.4) is 0 Å². The molecule has 1 aromatic heterocycles. The molecule has 0 saturated carbocycles. The van der Waals surface area contributed by atoms with Gasteiger partial charge in [-0.05, 0) is 120 Å². The maximum absolute atomic E-state index is 13.6. The maximum atomic E-state index is 13.6. The lowest BCUT2D eigenvalue weighted by Gasteiger charge is -2.27. The summed E-state index contributed by atoms with van der Waals surface area (Å²) in [6, 6.07) is 16.3. The summed E-state index contributed by atoms with van der Waals surface area (Å²) in [6.07, 6.45) is -4.37. The number of esters is 1. The average molecular weight is 1270 g/mol. The fraction of sp³-hybridized carbons (Fsp3) is 0.294. The number of rotatable bonds is 11. The quantitative estimate of drug-likeness (QED) is 0.0498. The number of aliphatic hydroxyl groups excluding tert-OH is 1. The first-order chi connectivity index (χ1) is 28.2. The topological polar surface area (TPSA) is 137 Å². The number of aliphatic hydroxyl groups is 1. The van der Waals surface area contributed by atoms with Crippen LogP contribution in [0.2, 0.25) is 0 Å². The third kappa shape index (κ3) is 24.5. The molecule has 0 fully saturated rings. The first-order valence-corrected chi connectivity index (χ1v) is 38.7. The summed E-state index contributed by atoms with van der Waals surface area (Å²) >= 11 is 14.7. The molecule has 1 heterocycles. The van der Waals surface area contributed by atoms with Gasteiger partial charge >= 0.3 is 12.1 Å². The van der Waals surface area contributed by atoms with Crippen LogP contribution in [0.4, 0.5) is 17.6 Å². The number of benzene rings is 3. The van der Waals surface area contributed by atoms with Gasteiger partial charge in [0, 0.05) is 26.6 Å². The van der Waals surface area contributed by atoms with E-state index < -0.39 is 50.8 Å². The van der Waals surface area contributed by atoms with Gasteiger partial charge in [0.05, 0.1) is 23.4 Å². The van der Waals surface area contributed by atoms with Gasteiger partial charge in [0.2, 0.25) is 5.76 Å². The number of hydrogen-bond acceptors (Lipinski definition) is 8. The van der Waals surface area contributed by atoms with Crippen molar-refractivity contribution in [2.24, 2.45) is 5.73 Å². The second-order valence-electron chi connectivity index (χ2n) is 11.8. The fourth-order valence-electron chi connectivity index (χ4n) is 4.52. The Kier molecular flexibility index (Phi) is 32.6. The summed E-state index contributed by atoms with van der Waals surface area (Å²) in [4.78, 5) is 21.8. The van der Waals surface area contributed by atoms with Gasteiger partial charge in [-0.3, -0.25) is 9.59 Å². The number of hydrogen-bond donors (Lipinski definition) is 2. The Morgan fingerprint density at radius 1 is 0.885 bits per heavy atom. The van der Waals surface area contributed by atoms with E-state index in [4.69, 9.17) is 22.4 Å². The molecule has 6 unspecified atom stereocenters. The highest BCUT2D eigenvalue weighted by molar-refractivity contribution is 9.16. The van der Waals surface area contributed by atoms with Crippen LogP contribution in [-0.2, 0) is 44.0 Å². The highest BCUT2D eigenvalue weighted by atomic mass is 79.9. The number of halogens is 8. The van der Waals surface area contributed by atoms with Gasteiger partial charge in [-0.1, -0.05) is 77.6 Å². The predicted molar refractivity (Wildman–Crippen MR) is 284 cm³/mol. The standard InChI is InChI=1S/C11H12BrFO5S.C10H11ClO.C7H8BrN.C6H4BrF3O.H12P10/c1-2-18-11(15)6-19(16,17)10-4-7(12)3-9(13)8(10)5-14;1-6-4-7(2)9(10(11)12)8(3)5-6;8-7-3-1-6(5-9)2-4-7;7-3-4-1-2-5(11-4)6(8,9)10;1-7(2)10(8(3)4)9(5)6/h3-4,14H,2,5-6H2,1H3;4-5H,1-3H3;1-4H,5,9H2;1-2H,3H2;1-6H2. The minimum atomic E-state index is -4.37. The summed E-state index contributed by atoms with van der Waals surface area (Å²) in [7, 11) is 13.6. The summed E-state index contributed by atoms with van der Waals surface area (Å²) < 4.78 is 83.3. The van der Waals surface area contributed by atoms with Gasteiger partial charge in [0.1, 0.15) is 11.6 Å². The van der Waals surface area contributed by atoms with Gasteiger partial charge in [0.25, 0.3) is 5.24 Å². The number of ether oxygens (including phenoxy) is 1. The van der Waals surface area contributed by atoms with E-state index in [0.717, 1.165) is 39.4 Å². The second-order valence-corrected chi connectivity index (χ2v) is 53.1. The number of carbonyl (C=O) groups excluding carboxylic acids is 2. The molecule has 0 aliphatic heterocycles. The van der Waals surface area contributed by atoms with Gasteiger partial charge in [-0.15, -0.1) is 53.6 Å². The monoisotopic (exact) mass is 1270 g/mol. The molecule has 3 aromatic carbocycles. The summed E-state index contributed by atoms with van der Waals surface area (Å²) in [6.45, 7) is 7.85. The molecule has 0 aliphatic rings. The van der Waals surface area contributed by atoms with Crippen LogP contribution in [0.5, 0.6) is 0 Å². The minimum Gasteiger partial charge on any atom is -0.465 e. The van der Waals surface area contributed by atoms with E-state index in [1.807, 2.05) is 57.2 Å². The van der Waals surface area contributed by atoms with E-state index in [-0.39, 0.29) is 55.6 Å². The lowest BCUT2D eigenvalue weighted by molar-refractivity contribution is -0.153. The van der Waals surface area contributed by atoms with E-state index in [9.17, 15) is 35.6 Å². The van der Waals surface area contributed by atoms with Crippen molar-refractivity contribution in [3.8, 4) is 0 Å². The maximum Gasteiger partial charge on any atom is 0.449 e. The van der Waals surface area contributed by atoms with Crippen molar-refractivity contribution >= 4 is 162 Å². The Bertz CT molecular complexity index is 2070. The van der Waals surface area contributed by atoms with E-state index in [0.29, 0.717) is 17.4 Å². The molecule has 6 atom stereocenters. The molecule has 4 rings (SSSR count). The molecule has 27 heteroatoms. The minimum absolute atomic E-state index is 0.0497. The molecule has 8 nitrogen and oxygen atoms in total. The lowest BCUT2D eigenvalue weighted by Crippen LogP contribution is -2.20. The Morgan fingerprint density at radius 3 is 1.74 bits per heavy atom. The molecule has 3 N–H and O–H groups in total. The largest absolute Gasteiger partial charge is 0.465 e. The first kappa shape index (κ1) is 62.7. The third-order valence-electron chi connectivity index (χ3n) is 6.94. The summed E-state index contributed by atoms with van der Waals surface area (Å²) in [5, 5.41) is 8.98.